The Morgan fingerprint density at radius 1 is 1.25 bits per heavy atom. The maximum absolute atomic E-state index is 11.8. The first-order chi connectivity index (χ1) is 11.6. The lowest BCUT2D eigenvalue weighted by Gasteiger charge is -2.06. The zero-order valence-corrected chi connectivity index (χ0v) is 15.2. The Kier molecular flexibility index (Phi) is 7.04. The summed E-state index contributed by atoms with van der Waals surface area (Å²) in [7, 11) is 0. The highest BCUT2D eigenvalue weighted by Gasteiger charge is 2.20. The van der Waals surface area contributed by atoms with Gasteiger partial charge in [-0.1, -0.05) is 30.3 Å². The van der Waals surface area contributed by atoms with Crippen LogP contribution in [0.1, 0.15) is 28.7 Å². The highest BCUT2D eigenvalue weighted by Crippen LogP contribution is 2.14. The summed E-state index contributed by atoms with van der Waals surface area (Å²) in [4.78, 5) is 27.4. The zero-order chi connectivity index (χ0) is 17.4. The number of halogens is 1. The summed E-state index contributed by atoms with van der Waals surface area (Å²) in [6, 6.07) is 9.38. The fourth-order valence-corrected chi connectivity index (χ4v) is 2.41. The Balaban J connectivity index is 1.79. The van der Waals surface area contributed by atoms with Crippen LogP contribution in [0.2, 0.25) is 0 Å². The monoisotopic (exact) mass is 444 g/mol. The number of hydrogen-bond donors (Lipinski definition) is 1. The van der Waals surface area contributed by atoms with Gasteiger partial charge in [0.15, 0.2) is 5.69 Å². The van der Waals surface area contributed by atoms with Crippen molar-refractivity contribution in [1.82, 2.24) is 10.3 Å². The molecule has 128 valence electrons. The maximum atomic E-state index is 11.8. The molecule has 0 saturated heterocycles. The van der Waals surface area contributed by atoms with E-state index >= 15 is 0 Å². The molecule has 0 saturated carbocycles. The minimum atomic E-state index is -0.536. The number of aromatic nitrogens is 1. The van der Waals surface area contributed by atoms with E-state index in [9.17, 15) is 9.59 Å². The quantitative estimate of drug-likeness (QED) is 0.522. The average Bonchev–Trinajstić information content (AvgIpc) is 2.95. The molecule has 1 aromatic heterocycles. The van der Waals surface area contributed by atoms with E-state index in [1.807, 2.05) is 52.9 Å². The summed E-state index contributed by atoms with van der Waals surface area (Å²) < 4.78 is 15.7. The van der Waals surface area contributed by atoms with Crippen molar-refractivity contribution < 1.29 is 23.5 Å². The minimum Gasteiger partial charge on any atom is -0.461 e. The number of oxazole rings is 1. The van der Waals surface area contributed by atoms with Crippen LogP contribution in [-0.4, -0.2) is 30.2 Å². The summed E-state index contributed by atoms with van der Waals surface area (Å²) in [6.07, 6.45) is -0.226. The topological polar surface area (TPSA) is 90.7 Å². The van der Waals surface area contributed by atoms with E-state index < -0.39 is 12.1 Å². The summed E-state index contributed by atoms with van der Waals surface area (Å²) in [5, 5.41) is 2.61. The molecule has 1 amide bonds. The van der Waals surface area contributed by atoms with Crippen LogP contribution in [0.3, 0.4) is 0 Å². The molecule has 0 radical (unpaired) electrons. The molecule has 2 aromatic rings. The predicted molar refractivity (Wildman–Crippen MR) is 93.5 cm³/mol. The third-order valence-electron chi connectivity index (χ3n) is 2.97. The first-order valence-electron chi connectivity index (χ1n) is 7.37. The van der Waals surface area contributed by atoms with Gasteiger partial charge in [0.2, 0.25) is 0 Å². The van der Waals surface area contributed by atoms with Crippen LogP contribution in [0.15, 0.2) is 34.7 Å². The number of hydrogen-bond acceptors (Lipinski definition) is 6. The molecule has 0 spiro atoms. The number of esters is 1. The predicted octanol–water partition coefficient (Wildman–Crippen LogP) is 2.92. The fourth-order valence-electron chi connectivity index (χ4n) is 1.90. The number of amides is 1. The molecule has 0 unspecified atom stereocenters. The van der Waals surface area contributed by atoms with Gasteiger partial charge in [-0.15, -0.1) is 0 Å². The Morgan fingerprint density at radius 3 is 2.71 bits per heavy atom. The molecule has 0 bridgehead atoms. The molecule has 1 N–H and O–H groups in total. The van der Waals surface area contributed by atoms with Gasteiger partial charge in [0.25, 0.3) is 3.90 Å². The lowest BCUT2D eigenvalue weighted by molar-refractivity contribution is 0.0517. The van der Waals surface area contributed by atoms with Crippen molar-refractivity contribution in [2.24, 2.45) is 0 Å². The number of nitrogens with one attached hydrogen (secondary N) is 1. The lowest BCUT2D eigenvalue weighted by atomic mass is 10.2. The summed E-state index contributed by atoms with van der Waals surface area (Å²) in [6.45, 7) is 2.42. The molecule has 2 rings (SSSR count). The second kappa shape index (κ2) is 9.26. The van der Waals surface area contributed by atoms with E-state index in [0.29, 0.717) is 16.1 Å². The van der Waals surface area contributed by atoms with Crippen molar-refractivity contribution >= 4 is 34.7 Å². The van der Waals surface area contributed by atoms with Crippen molar-refractivity contribution in [3.05, 3.63) is 51.2 Å². The van der Waals surface area contributed by atoms with Crippen LogP contribution < -0.4 is 5.32 Å². The van der Waals surface area contributed by atoms with Crippen LogP contribution in [-0.2, 0) is 22.5 Å². The van der Waals surface area contributed by atoms with Crippen LogP contribution in [0.25, 0.3) is 0 Å². The van der Waals surface area contributed by atoms with Gasteiger partial charge in [-0.25, -0.2) is 9.59 Å². The first kappa shape index (κ1) is 18.2. The molecule has 0 aliphatic rings. The molecule has 1 aromatic carbocycles. The molecule has 1 heterocycles. The van der Waals surface area contributed by atoms with Gasteiger partial charge in [0.05, 0.1) is 6.61 Å². The van der Waals surface area contributed by atoms with Gasteiger partial charge in [-0.3, -0.25) is 0 Å². The number of carbonyl (C=O) groups is 2. The number of benzene rings is 1. The summed E-state index contributed by atoms with van der Waals surface area (Å²) >= 11 is 1.88. The van der Waals surface area contributed by atoms with Crippen molar-refractivity contribution in [3.8, 4) is 0 Å². The summed E-state index contributed by atoms with van der Waals surface area (Å²) in [5.41, 5.74) is 1.04. The van der Waals surface area contributed by atoms with E-state index in [1.165, 1.54) is 0 Å². The van der Waals surface area contributed by atoms with Crippen molar-refractivity contribution in [2.75, 3.05) is 13.2 Å². The molecule has 0 aliphatic carbocycles. The molecule has 8 heteroatoms. The normalized spacial score (nSPS) is 10.2. The minimum absolute atomic E-state index is 0.140. The number of rotatable bonds is 7. The molecule has 0 atom stereocenters. The van der Waals surface area contributed by atoms with Gasteiger partial charge < -0.3 is 19.2 Å². The Hall–Kier alpha value is -2.10. The smallest absolute Gasteiger partial charge is 0.407 e. The van der Waals surface area contributed by atoms with Crippen LogP contribution in [0.4, 0.5) is 4.79 Å². The second-order valence-electron chi connectivity index (χ2n) is 4.70. The molecular weight excluding hydrogens is 427 g/mol. The van der Waals surface area contributed by atoms with Crippen LogP contribution in [0.5, 0.6) is 0 Å². The Morgan fingerprint density at radius 2 is 2.00 bits per heavy atom. The van der Waals surface area contributed by atoms with E-state index in [-0.39, 0.29) is 25.5 Å². The lowest BCUT2D eigenvalue weighted by Crippen LogP contribution is -2.26. The third kappa shape index (κ3) is 5.52. The molecule has 0 aliphatic heterocycles. The van der Waals surface area contributed by atoms with E-state index in [1.54, 1.807) is 6.92 Å². The third-order valence-corrected chi connectivity index (χ3v) is 3.44. The van der Waals surface area contributed by atoms with Crippen LogP contribution >= 0.6 is 22.6 Å². The van der Waals surface area contributed by atoms with E-state index in [4.69, 9.17) is 13.9 Å². The average molecular weight is 444 g/mol. The van der Waals surface area contributed by atoms with Crippen LogP contribution in [0, 0.1) is 3.90 Å². The number of nitrogens with zero attached hydrogens (tertiary/aromatic N) is 1. The largest absolute Gasteiger partial charge is 0.461 e. The molecule has 7 nitrogen and oxygen atoms in total. The second-order valence-corrected chi connectivity index (χ2v) is 5.62. The summed E-state index contributed by atoms with van der Waals surface area (Å²) in [5.74, 6) is -0.160. The van der Waals surface area contributed by atoms with Gasteiger partial charge in [0, 0.05) is 35.6 Å². The van der Waals surface area contributed by atoms with Gasteiger partial charge in [-0.05, 0) is 12.5 Å². The van der Waals surface area contributed by atoms with Gasteiger partial charge in [0.1, 0.15) is 12.4 Å². The van der Waals surface area contributed by atoms with Crippen molar-refractivity contribution in [3.63, 3.8) is 0 Å². The zero-order valence-electron chi connectivity index (χ0n) is 13.1. The van der Waals surface area contributed by atoms with Gasteiger partial charge in [-0.2, -0.15) is 4.98 Å². The van der Waals surface area contributed by atoms with Crippen molar-refractivity contribution in [1.29, 1.82) is 0 Å². The van der Waals surface area contributed by atoms with E-state index in [2.05, 4.69) is 10.3 Å². The van der Waals surface area contributed by atoms with Gasteiger partial charge >= 0.3 is 12.1 Å². The standard InChI is InChI=1S/C16H17IN2O5/c1-2-22-14(20)13-12(24-15(17)19-13)8-9-18-16(21)23-10-11-6-4-3-5-7-11/h3-7H,2,8-10H2,1H3,(H,18,21). The maximum Gasteiger partial charge on any atom is 0.407 e. The highest BCUT2D eigenvalue weighted by atomic mass is 127. The Labute approximate surface area is 152 Å². The molecule has 24 heavy (non-hydrogen) atoms. The fraction of sp³-hybridized carbons (Fsp3) is 0.312. The number of ether oxygens (including phenoxy) is 2. The first-order valence-corrected chi connectivity index (χ1v) is 8.45. The number of carbonyl (C=O) groups excluding carboxylic acids is 2. The number of alkyl carbamates (subject to hydrolysis) is 1. The SMILES string of the molecule is CCOC(=O)c1nc(I)oc1CCNC(=O)OCc1ccccc1. The Bertz CT molecular complexity index is 687. The van der Waals surface area contributed by atoms with E-state index in [0.717, 1.165) is 5.56 Å². The molecule has 0 fully saturated rings. The highest BCUT2D eigenvalue weighted by molar-refractivity contribution is 14.1. The van der Waals surface area contributed by atoms with Crippen molar-refractivity contribution in [2.45, 2.75) is 20.0 Å². The molecular formula is C16H17IN2O5.